The molecule has 72 valence electrons. The van der Waals surface area contributed by atoms with Crippen molar-refractivity contribution in [3.63, 3.8) is 0 Å². The zero-order valence-corrected chi connectivity index (χ0v) is 8.05. The fraction of sp³-hybridized carbons (Fsp3) is 0.500. The maximum atomic E-state index is 12.7. The highest BCUT2D eigenvalue weighted by atomic mass is 19.1. The van der Waals surface area contributed by atoms with Crippen LogP contribution in [0.1, 0.15) is 26.7 Å². The van der Waals surface area contributed by atoms with Gasteiger partial charge in [-0.25, -0.2) is 4.98 Å². The third kappa shape index (κ3) is 3.40. The Kier molecular flexibility index (Phi) is 3.68. The van der Waals surface area contributed by atoms with Gasteiger partial charge < -0.3 is 5.32 Å². The van der Waals surface area contributed by atoms with Gasteiger partial charge in [0, 0.05) is 24.0 Å². The number of pyridine rings is 1. The highest BCUT2D eigenvalue weighted by Gasteiger charge is 2.00. The van der Waals surface area contributed by atoms with Crippen molar-refractivity contribution in [1.29, 1.82) is 0 Å². The SMILES string of the molecule is CCCC(C)Nc1ccnc(F)c1. The largest absolute Gasteiger partial charge is 0.382 e. The van der Waals surface area contributed by atoms with Gasteiger partial charge in [0.05, 0.1) is 0 Å². The van der Waals surface area contributed by atoms with Crippen molar-refractivity contribution in [2.24, 2.45) is 0 Å². The molecule has 0 spiro atoms. The first-order chi connectivity index (χ1) is 6.22. The summed E-state index contributed by atoms with van der Waals surface area (Å²) in [6.07, 6.45) is 3.68. The minimum atomic E-state index is -0.436. The molecular formula is C10H15FN2. The molecular weight excluding hydrogens is 167 g/mol. The average Bonchev–Trinajstić information content (AvgIpc) is 2.04. The number of halogens is 1. The predicted molar refractivity (Wildman–Crippen MR) is 52.2 cm³/mol. The quantitative estimate of drug-likeness (QED) is 0.724. The van der Waals surface area contributed by atoms with Crippen molar-refractivity contribution in [1.82, 2.24) is 4.98 Å². The Balaban J connectivity index is 2.53. The number of nitrogens with zero attached hydrogens (tertiary/aromatic N) is 1. The van der Waals surface area contributed by atoms with Crippen LogP contribution in [0.2, 0.25) is 0 Å². The molecule has 1 aromatic rings. The second-order valence-electron chi connectivity index (χ2n) is 3.20. The maximum Gasteiger partial charge on any atom is 0.214 e. The number of aromatic nitrogens is 1. The minimum Gasteiger partial charge on any atom is -0.382 e. The van der Waals surface area contributed by atoms with Crippen molar-refractivity contribution in [2.45, 2.75) is 32.7 Å². The molecule has 1 N–H and O–H groups in total. The number of hydrogen-bond donors (Lipinski definition) is 1. The third-order valence-corrected chi connectivity index (χ3v) is 1.86. The first-order valence-electron chi connectivity index (χ1n) is 4.60. The van der Waals surface area contributed by atoms with Crippen LogP contribution in [0.5, 0.6) is 0 Å². The van der Waals surface area contributed by atoms with Crippen molar-refractivity contribution < 1.29 is 4.39 Å². The summed E-state index contributed by atoms with van der Waals surface area (Å²) in [5, 5.41) is 3.20. The summed E-state index contributed by atoms with van der Waals surface area (Å²) in [7, 11) is 0. The molecule has 0 fully saturated rings. The smallest absolute Gasteiger partial charge is 0.214 e. The van der Waals surface area contributed by atoms with Gasteiger partial charge in [-0.2, -0.15) is 4.39 Å². The lowest BCUT2D eigenvalue weighted by atomic mass is 10.2. The second-order valence-corrected chi connectivity index (χ2v) is 3.20. The van der Waals surface area contributed by atoms with Crippen molar-refractivity contribution in [3.8, 4) is 0 Å². The Morgan fingerprint density at radius 1 is 1.62 bits per heavy atom. The summed E-state index contributed by atoms with van der Waals surface area (Å²) >= 11 is 0. The first-order valence-corrected chi connectivity index (χ1v) is 4.60. The Morgan fingerprint density at radius 2 is 2.38 bits per heavy atom. The van der Waals surface area contributed by atoms with E-state index >= 15 is 0 Å². The highest BCUT2D eigenvalue weighted by molar-refractivity contribution is 5.41. The molecule has 0 aliphatic rings. The molecule has 0 aliphatic heterocycles. The van der Waals surface area contributed by atoms with Crippen LogP contribution in [-0.4, -0.2) is 11.0 Å². The zero-order valence-electron chi connectivity index (χ0n) is 8.05. The Morgan fingerprint density at radius 3 is 3.00 bits per heavy atom. The average molecular weight is 182 g/mol. The number of hydrogen-bond acceptors (Lipinski definition) is 2. The van der Waals surface area contributed by atoms with E-state index in [0.717, 1.165) is 18.5 Å². The van der Waals surface area contributed by atoms with Crippen molar-refractivity contribution in [3.05, 3.63) is 24.3 Å². The topological polar surface area (TPSA) is 24.9 Å². The summed E-state index contributed by atoms with van der Waals surface area (Å²) in [6, 6.07) is 3.56. The molecule has 0 aromatic carbocycles. The molecule has 1 heterocycles. The van der Waals surface area contributed by atoms with E-state index in [2.05, 4.69) is 24.1 Å². The molecule has 0 amide bonds. The molecule has 1 rings (SSSR count). The molecule has 0 saturated heterocycles. The lowest BCUT2D eigenvalue weighted by Gasteiger charge is -2.13. The minimum absolute atomic E-state index is 0.381. The Bertz CT molecular complexity index is 263. The molecule has 2 nitrogen and oxygen atoms in total. The van der Waals surface area contributed by atoms with Gasteiger partial charge in [0.2, 0.25) is 5.95 Å². The molecule has 3 heteroatoms. The molecule has 1 unspecified atom stereocenters. The van der Waals surface area contributed by atoms with Crippen LogP contribution in [-0.2, 0) is 0 Å². The second kappa shape index (κ2) is 4.80. The Hall–Kier alpha value is -1.12. The normalized spacial score (nSPS) is 12.5. The Labute approximate surface area is 78.2 Å². The van der Waals surface area contributed by atoms with Gasteiger partial charge in [-0.05, 0) is 19.4 Å². The van der Waals surface area contributed by atoms with E-state index in [0.29, 0.717) is 6.04 Å². The lowest BCUT2D eigenvalue weighted by molar-refractivity contribution is 0.583. The van der Waals surface area contributed by atoms with Gasteiger partial charge in [0.25, 0.3) is 0 Å². The number of nitrogens with one attached hydrogen (secondary N) is 1. The fourth-order valence-corrected chi connectivity index (χ4v) is 1.28. The van der Waals surface area contributed by atoms with Crippen LogP contribution in [0.15, 0.2) is 18.3 Å². The molecule has 0 aliphatic carbocycles. The van der Waals surface area contributed by atoms with E-state index < -0.39 is 5.95 Å². The molecule has 1 aromatic heterocycles. The fourth-order valence-electron chi connectivity index (χ4n) is 1.28. The van der Waals surface area contributed by atoms with E-state index in [9.17, 15) is 4.39 Å². The van der Waals surface area contributed by atoms with E-state index in [1.807, 2.05) is 0 Å². The zero-order chi connectivity index (χ0) is 9.68. The van der Waals surface area contributed by atoms with Crippen LogP contribution in [0.4, 0.5) is 10.1 Å². The van der Waals surface area contributed by atoms with Crippen molar-refractivity contribution >= 4 is 5.69 Å². The van der Waals surface area contributed by atoms with E-state index in [1.165, 1.54) is 12.3 Å². The van der Waals surface area contributed by atoms with Crippen LogP contribution in [0.25, 0.3) is 0 Å². The summed E-state index contributed by atoms with van der Waals surface area (Å²) < 4.78 is 12.7. The van der Waals surface area contributed by atoms with E-state index in [-0.39, 0.29) is 0 Å². The van der Waals surface area contributed by atoms with E-state index in [4.69, 9.17) is 0 Å². The maximum absolute atomic E-state index is 12.7. The third-order valence-electron chi connectivity index (χ3n) is 1.86. The summed E-state index contributed by atoms with van der Waals surface area (Å²) in [6.45, 7) is 4.22. The monoisotopic (exact) mass is 182 g/mol. The van der Waals surface area contributed by atoms with E-state index in [1.54, 1.807) is 6.07 Å². The molecule has 0 bridgehead atoms. The molecule has 1 atom stereocenters. The summed E-state index contributed by atoms with van der Waals surface area (Å²) in [4.78, 5) is 3.49. The van der Waals surface area contributed by atoms with Crippen LogP contribution < -0.4 is 5.32 Å². The first kappa shape index (κ1) is 9.96. The summed E-state index contributed by atoms with van der Waals surface area (Å²) in [5.74, 6) is -0.436. The van der Waals surface area contributed by atoms with Gasteiger partial charge in [-0.15, -0.1) is 0 Å². The van der Waals surface area contributed by atoms with Gasteiger partial charge in [-0.1, -0.05) is 13.3 Å². The van der Waals surface area contributed by atoms with Crippen molar-refractivity contribution in [2.75, 3.05) is 5.32 Å². The molecule has 13 heavy (non-hydrogen) atoms. The number of anilines is 1. The molecule has 0 radical (unpaired) electrons. The van der Waals surface area contributed by atoms with Crippen LogP contribution >= 0.6 is 0 Å². The lowest BCUT2D eigenvalue weighted by Crippen LogP contribution is -2.14. The summed E-state index contributed by atoms with van der Waals surface area (Å²) in [5.41, 5.74) is 0.799. The van der Waals surface area contributed by atoms with Gasteiger partial charge in [-0.3, -0.25) is 0 Å². The van der Waals surface area contributed by atoms with Crippen LogP contribution in [0, 0.1) is 5.95 Å². The van der Waals surface area contributed by atoms with Crippen LogP contribution in [0.3, 0.4) is 0 Å². The van der Waals surface area contributed by atoms with Gasteiger partial charge >= 0.3 is 0 Å². The predicted octanol–water partition coefficient (Wildman–Crippen LogP) is 2.82. The standard InChI is InChI=1S/C10H15FN2/c1-3-4-8(2)13-9-5-6-12-10(11)7-9/h5-8H,3-4H2,1-2H3,(H,12,13). The van der Waals surface area contributed by atoms with Gasteiger partial charge in [0.15, 0.2) is 0 Å². The van der Waals surface area contributed by atoms with Gasteiger partial charge in [0.1, 0.15) is 0 Å². The molecule has 0 saturated carbocycles. The number of rotatable bonds is 4. The highest BCUT2D eigenvalue weighted by Crippen LogP contribution is 2.10.